The first-order valence-corrected chi connectivity index (χ1v) is 12.9. The van der Waals surface area contributed by atoms with Crippen LogP contribution in [0.15, 0.2) is 91.0 Å². The average Bonchev–Trinajstić information content (AvgIpc) is 3.30. The first kappa shape index (κ1) is 24.6. The molecule has 0 aliphatic rings. The van der Waals surface area contributed by atoms with Crippen LogP contribution in [-0.2, 0) is 9.59 Å². The largest absolute Gasteiger partial charge is 0.324 e. The van der Waals surface area contributed by atoms with Crippen LogP contribution >= 0.6 is 11.6 Å². The van der Waals surface area contributed by atoms with Crippen molar-refractivity contribution in [2.45, 2.75) is 13.8 Å². The fraction of sp³-hybridized carbons (Fsp3) is 0.0968. The van der Waals surface area contributed by atoms with Crippen molar-refractivity contribution in [3.63, 3.8) is 0 Å². The predicted molar refractivity (Wildman–Crippen MR) is 156 cm³/mol. The first-order valence-electron chi connectivity index (χ1n) is 12.5. The second-order valence-electron chi connectivity index (χ2n) is 9.39. The number of hydrogen-bond acceptors (Lipinski definition) is 4. The number of carbonyl (C=O) groups excluding carboxylic acids is 2. The number of aryl methyl sites for hydroxylation is 1. The van der Waals surface area contributed by atoms with Gasteiger partial charge in [-0.1, -0.05) is 66.2 Å². The van der Waals surface area contributed by atoms with Gasteiger partial charge < -0.3 is 10.2 Å². The van der Waals surface area contributed by atoms with E-state index in [1.807, 2.05) is 102 Å². The van der Waals surface area contributed by atoms with Crippen molar-refractivity contribution < 1.29 is 9.59 Å². The lowest BCUT2D eigenvalue weighted by Crippen LogP contribution is -2.37. The normalized spacial score (nSPS) is 11.3. The summed E-state index contributed by atoms with van der Waals surface area (Å²) in [4.78, 5) is 31.6. The van der Waals surface area contributed by atoms with Crippen molar-refractivity contribution in [3.05, 3.63) is 102 Å². The molecule has 6 rings (SSSR count). The molecule has 0 aliphatic heterocycles. The topological polar surface area (TPSA) is 79.6 Å². The van der Waals surface area contributed by atoms with Crippen molar-refractivity contribution >= 4 is 62.2 Å². The van der Waals surface area contributed by atoms with E-state index >= 15 is 0 Å². The summed E-state index contributed by atoms with van der Waals surface area (Å²) < 4.78 is 1.84. The van der Waals surface area contributed by atoms with Gasteiger partial charge in [0.1, 0.15) is 6.54 Å². The summed E-state index contributed by atoms with van der Waals surface area (Å²) in [7, 11) is 0. The monoisotopic (exact) mass is 533 g/mol. The van der Waals surface area contributed by atoms with Gasteiger partial charge in [0.2, 0.25) is 11.8 Å². The molecule has 2 aromatic heterocycles. The minimum absolute atomic E-state index is 0.0972. The van der Waals surface area contributed by atoms with Crippen LogP contribution in [0, 0.1) is 6.92 Å². The Morgan fingerprint density at radius 2 is 1.64 bits per heavy atom. The Balaban J connectivity index is 1.36. The van der Waals surface area contributed by atoms with Gasteiger partial charge in [0.05, 0.1) is 16.7 Å². The minimum atomic E-state index is -0.301. The van der Waals surface area contributed by atoms with E-state index in [1.165, 1.54) is 11.8 Å². The second-order valence-corrected chi connectivity index (χ2v) is 9.83. The molecule has 0 saturated carbocycles. The molecule has 6 aromatic rings. The molecule has 39 heavy (non-hydrogen) atoms. The van der Waals surface area contributed by atoms with E-state index < -0.39 is 0 Å². The van der Waals surface area contributed by atoms with Crippen LogP contribution in [0.1, 0.15) is 12.5 Å². The number of anilines is 2. The third-order valence-electron chi connectivity index (χ3n) is 6.74. The highest BCUT2D eigenvalue weighted by atomic mass is 35.5. The summed E-state index contributed by atoms with van der Waals surface area (Å²) in [6.45, 7) is 3.27. The number of nitrogens with one attached hydrogen (secondary N) is 1. The van der Waals surface area contributed by atoms with E-state index in [2.05, 4.69) is 5.32 Å². The number of rotatable bonds is 5. The van der Waals surface area contributed by atoms with Crippen LogP contribution in [0.4, 0.5) is 11.4 Å². The maximum absolute atomic E-state index is 13.0. The molecule has 4 aromatic carbocycles. The number of imidazole rings is 1. The summed E-state index contributed by atoms with van der Waals surface area (Å²) in [6, 6.07) is 28.7. The molecule has 1 N–H and O–H groups in total. The Labute approximate surface area is 229 Å². The summed E-state index contributed by atoms with van der Waals surface area (Å²) in [5.74, 6) is -0.505. The van der Waals surface area contributed by atoms with E-state index in [1.54, 1.807) is 0 Å². The molecule has 0 aliphatic carbocycles. The van der Waals surface area contributed by atoms with Gasteiger partial charge in [0.15, 0.2) is 5.65 Å². The van der Waals surface area contributed by atoms with E-state index in [4.69, 9.17) is 21.7 Å². The van der Waals surface area contributed by atoms with Crippen LogP contribution in [0.5, 0.6) is 0 Å². The third kappa shape index (κ3) is 4.57. The molecule has 0 unspecified atom stereocenters. The lowest BCUT2D eigenvalue weighted by Gasteiger charge is -2.22. The van der Waals surface area contributed by atoms with Gasteiger partial charge in [0, 0.05) is 39.7 Å². The SMILES string of the molecule is CC(=O)N(CC(=O)Nc1ccc2c(c1)nc1c3ccccc3c(-c3ccc(Cl)cc3)nn21)c1ccccc1C. The maximum atomic E-state index is 13.0. The third-order valence-corrected chi connectivity index (χ3v) is 7.00. The van der Waals surface area contributed by atoms with Crippen molar-refractivity contribution in [3.8, 4) is 11.3 Å². The molecule has 2 amide bonds. The molecule has 8 heteroatoms. The van der Waals surface area contributed by atoms with Crippen molar-refractivity contribution in [1.82, 2.24) is 14.6 Å². The van der Waals surface area contributed by atoms with Crippen LogP contribution in [-0.4, -0.2) is 33.0 Å². The summed E-state index contributed by atoms with van der Waals surface area (Å²) in [5, 5.41) is 10.5. The van der Waals surface area contributed by atoms with Gasteiger partial charge in [-0.15, -0.1) is 0 Å². The van der Waals surface area contributed by atoms with Crippen LogP contribution in [0.3, 0.4) is 0 Å². The van der Waals surface area contributed by atoms with E-state index in [0.717, 1.165) is 38.8 Å². The number of halogens is 1. The van der Waals surface area contributed by atoms with E-state index in [9.17, 15) is 9.59 Å². The standard InChI is InChI=1S/C31H24ClN5O2/c1-19-7-3-6-10-27(19)36(20(2)38)18-29(39)33-23-15-16-28-26(17-23)34-31-25-9-5-4-8-24(25)30(35-37(28)31)21-11-13-22(32)14-12-21/h3-17H,18H2,1-2H3,(H,33,39). The second kappa shape index (κ2) is 9.85. The quantitative estimate of drug-likeness (QED) is 0.269. The van der Waals surface area contributed by atoms with E-state index in [-0.39, 0.29) is 18.4 Å². The highest BCUT2D eigenvalue weighted by Gasteiger charge is 2.19. The fourth-order valence-electron chi connectivity index (χ4n) is 4.86. The Morgan fingerprint density at radius 3 is 2.38 bits per heavy atom. The molecule has 0 saturated heterocycles. The van der Waals surface area contributed by atoms with Gasteiger partial charge in [-0.25, -0.2) is 9.50 Å². The zero-order valence-corrected chi connectivity index (χ0v) is 22.1. The maximum Gasteiger partial charge on any atom is 0.244 e. The van der Waals surface area contributed by atoms with E-state index in [0.29, 0.717) is 21.9 Å². The molecular formula is C31H24ClN5O2. The summed E-state index contributed by atoms with van der Waals surface area (Å²) in [5.41, 5.74) is 6.24. The van der Waals surface area contributed by atoms with Crippen LogP contribution < -0.4 is 10.2 Å². The first-order chi connectivity index (χ1) is 18.9. The molecular weight excluding hydrogens is 510 g/mol. The van der Waals surface area contributed by atoms with Gasteiger partial charge in [-0.2, -0.15) is 5.10 Å². The van der Waals surface area contributed by atoms with Gasteiger partial charge in [-0.3, -0.25) is 9.59 Å². The molecule has 2 heterocycles. The molecule has 0 fully saturated rings. The predicted octanol–water partition coefficient (Wildman–Crippen LogP) is 6.66. The number of fused-ring (bicyclic) bond motifs is 5. The van der Waals surface area contributed by atoms with Crippen molar-refractivity contribution in [2.75, 3.05) is 16.8 Å². The van der Waals surface area contributed by atoms with Gasteiger partial charge in [0.25, 0.3) is 0 Å². The number of amides is 2. The van der Waals surface area contributed by atoms with Gasteiger partial charge >= 0.3 is 0 Å². The number of benzene rings is 4. The zero-order chi connectivity index (χ0) is 27.1. The molecule has 0 bridgehead atoms. The summed E-state index contributed by atoms with van der Waals surface area (Å²) in [6.07, 6.45) is 0. The minimum Gasteiger partial charge on any atom is -0.324 e. The van der Waals surface area contributed by atoms with Crippen molar-refractivity contribution in [1.29, 1.82) is 0 Å². The smallest absolute Gasteiger partial charge is 0.244 e. The van der Waals surface area contributed by atoms with Crippen LogP contribution in [0.2, 0.25) is 5.02 Å². The Morgan fingerprint density at radius 1 is 0.923 bits per heavy atom. The van der Waals surface area contributed by atoms with Gasteiger partial charge in [-0.05, 0) is 48.9 Å². The molecule has 7 nitrogen and oxygen atoms in total. The zero-order valence-electron chi connectivity index (χ0n) is 21.4. The lowest BCUT2D eigenvalue weighted by molar-refractivity contribution is -0.120. The van der Waals surface area contributed by atoms with Crippen LogP contribution in [0.25, 0.3) is 38.7 Å². The average molecular weight is 534 g/mol. The number of nitrogens with zero attached hydrogens (tertiary/aromatic N) is 4. The fourth-order valence-corrected chi connectivity index (χ4v) is 4.98. The molecule has 0 atom stereocenters. The molecule has 0 spiro atoms. The highest BCUT2D eigenvalue weighted by molar-refractivity contribution is 6.30. The molecule has 0 radical (unpaired) electrons. The Bertz CT molecular complexity index is 1900. The molecule has 192 valence electrons. The number of carbonyl (C=O) groups is 2. The number of hydrogen-bond donors (Lipinski definition) is 1. The highest BCUT2D eigenvalue weighted by Crippen LogP contribution is 2.32. The number of para-hydroxylation sites is 1. The number of aromatic nitrogens is 3. The Hall–Kier alpha value is -4.75. The van der Waals surface area contributed by atoms with Crippen molar-refractivity contribution in [2.24, 2.45) is 0 Å². The Kier molecular flexibility index (Phi) is 6.21. The lowest BCUT2D eigenvalue weighted by atomic mass is 10.1. The summed E-state index contributed by atoms with van der Waals surface area (Å²) >= 11 is 6.12.